The normalized spacial score (nSPS) is 10.5. The summed E-state index contributed by atoms with van der Waals surface area (Å²) in [6, 6.07) is 22.5. The lowest BCUT2D eigenvalue weighted by molar-refractivity contribution is -0.384. The lowest BCUT2D eigenvalue weighted by Gasteiger charge is -2.08. The number of carbonyl (C=O) groups is 1. The second-order valence-corrected chi connectivity index (χ2v) is 6.82. The van der Waals surface area contributed by atoms with Gasteiger partial charge >= 0.3 is 0 Å². The number of hydrogen-bond acceptors (Lipinski definition) is 6. The highest BCUT2D eigenvalue weighted by Crippen LogP contribution is 2.28. The molecule has 32 heavy (non-hydrogen) atoms. The van der Waals surface area contributed by atoms with Gasteiger partial charge in [-0.2, -0.15) is 5.10 Å². The van der Waals surface area contributed by atoms with E-state index in [1.807, 2.05) is 54.6 Å². The van der Waals surface area contributed by atoms with Crippen LogP contribution < -0.4 is 10.1 Å². The Bertz CT molecular complexity index is 1250. The minimum absolute atomic E-state index is 0.0462. The summed E-state index contributed by atoms with van der Waals surface area (Å²) >= 11 is 0. The lowest BCUT2D eigenvalue weighted by Crippen LogP contribution is -2.14. The molecule has 4 aromatic rings. The molecule has 0 saturated carbocycles. The molecule has 0 aliphatic rings. The number of aromatic nitrogens is 2. The monoisotopic (exact) mass is 430 g/mol. The Balaban J connectivity index is 1.35. The summed E-state index contributed by atoms with van der Waals surface area (Å²) in [4.78, 5) is 22.5. The predicted octanol–water partition coefficient (Wildman–Crippen LogP) is 4.45. The summed E-state index contributed by atoms with van der Waals surface area (Å²) in [6.07, 6.45) is 1.59. The van der Waals surface area contributed by atoms with Crippen LogP contribution >= 0.6 is 0 Å². The molecule has 0 atom stereocenters. The highest BCUT2D eigenvalue weighted by atomic mass is 16.6. The van der Waals surface area contributed by atoms with E-state index < -0.39 is 16.6 Å². The molecule has 0 aliphatic heterocycles. The molecule has 0 fully saturated rings. The number of ether oxygens (including phenoxy) is 1. The third-order valence-corrected chi connectivity index (χ3v) is 4.64. The number of rotatable bonds is 7. The van der Waals surface area contributed by atoms with Gasteiger partial charge in [0.1, 0.15) is 11.5 Å². The van der Waals surface area contributed by atoms with Crippen molar-refractivity contribution in [3.8, 4) is 22.6 Å². The van der Waals surface area contributed by atoms with E-state index in [1.165, 1.54) is 22.9 Å². The van der Waals surface area contributed by atoms with Gasteiger partial charge in [0.25, 0.3) is 11.6 Å². The number of anilines is 1. The Morgan fingerprint density at radius 2 is 1.75 bits per heavy atom. The summed E-state index contributed by atoms with van der Waals surface area (Å²) in [5.74, 6) is -0.323. The summed E-state index contributed by atoms with van der Waals surface area (Å²) in [7, 11) is 0. The minimum Gasteiger partial charge on any atom is -0.506 e. The average Bonchev–Trinajstić information content (AvgIpc) is 3.29. The van der Waals surface area contributed by atoms with Crippen LogP contribution in [0.4, 0.5) is 11.4 Å². The number of nitrogens with one attached hydrogen (secondary N) is 1. The van der Waals surface area contributed by atoms with Crippen molar-refractivity contribution in [2.45, 2.75) is 6.73 Å². The van der Waals surface area contributed by atoms with Gasteiger partial charge < -0.3 is 15.2 Å². The van der Waals surface area contributed by atoms with Crippen LogP contribution in [0, 0.1) is 10.1 Å². The molecule has 9 heteroatoms. The van der Waals surface area contributed by atoms with E-state index in [2.05, 4.69) is 10.4 Å². The van der Waals surface area contributed by atoms with E-state index in [9.17, 15) is 20.0 Å². The Kier molecular flexibility index (Phi) is 5.80. The number of nitro groups is 1. The number of phenolic OH excluding ortho intramolecular Hbond substituents is 1. The summed E-state index contributed by atoms with van der Waals surface area (Å²) in [5.41, 5.74) is 2.06. The number of non-ortho nitro benzene ring substituents is 1. The van der Waals surface area contributed by atoms with E-state index >= 15 is 0 Å². The molecular formula is C23H18N4O5. The van der Waals surface area contributed by atoms with Gasteiger partial charge in [0.2, 0.25) is 0 Å². The fourth-order valence-corrected chi connectivity index (χ4v) is 3.00. The Labute approximate surface area is 182 Å². The van der Waals surface area contributed by atoms with Gasteiger partial charge in [-0.25, -0.2) is 4.68 Å². The van der Waals surface area contributed by atoms with Gasteiger partial charge in [0.15, 0.2) is 12.4 Å². The average molecular weight is 430 g/mol. The molecule has 9 nitrogen and oxygen atoms in total. The first-order valence-electron chi connectivity index (χ1n) is 9.60. The van der Waals surface area contributed by atoms with E-state index in [1.54, 1.807) is 6.20 Å². The third kappa shape index (κ3) is 4.73. The number of amides is 1. The minimum atomic E-state index is -0.637. The summed E-state index contributed by atoms with van der Waals surface area (Å²) in [5, 5.41) is 27.2. The molecule has 2 N–H and O–H groups in total. The molecule has 0 spiro atoms. The maximum absolute atomic E-state index is 12.4. The van der Waals surface area contributed by atoms with Crippen LogP contribution in [-0.2, 0) is 6.73 Å². The molecule has 1 heterocycles. The standard InChI is InChI=1S/C23H18N4O5/c28-22-14-18(27(30)31)8-11-20(22)24-23(29)21-12-13-26(25-21)15-32-19-9-6-17(7-10-19)16-4-2-1-3-5-16/h1-14,28H,15H2,(H,24,29). The Morgan fingerprint density at radius 1 is 1.03 bits per heavy atom. The van der Waals surface area contributed by atoms with Crippen molar-refractivity contribution in [2.75, 3.05) is 5.32 Å². The van der Waals surface area contributed by atoms with Crippen LogP contribution in [0.15, 0.2) is 85.1 Å². The molecule has 0 radical (unpaired) electrons. The van der Waals surface area contributed by atoms with E-state index in [-0.39, 0.29) is 23.8 Å². The highest BCUT2D eigenvalue weighted by Gasteiger charge is 2.15. The second-order valence-electron chi connectivity index (χ2n) is 6.82. The SMILES string of the molecule is O=C(Nc1ccc([N+](=O)[O-])cc1O)c1ccn(COc2ccc(-c3ccccc3)cc2)n1. The summed E-state index contributed by atoms with van der Waals surface area (Å²) in [6.45, 7) is 0.0980. The van der Waals surface area contributed by atoms with Gasteiger partial charge in [-0.05, 0) is 35.4 Å². The number of nitro benzene ring substituents is 1. The van der Waals surface area contributed by atoms with Crippen LogP contribution in [0.5, 0.6) is 11.5 Å². The zero-order chi connectivity index (χ0) is 22.5. The fraction of sp³-hybridized carbons (Fsp3) is 0.0435. The molecule has 0 unspecified atom stereocenters. The molecule has 0 bridgehead atoms. The van der Waals surface area contributed by atoms with Crippen LogP contribution in [0.25, 0.3) is 11.1 Å². The van der Waals surface area contributed by atoms with E-state index in [0.717, 1.165) is 17.2 Å². The fourth-order valence-electron chi connectivity index (χ4n) is 3.00. The zero-order valence-electron chi connectivity index (χ0n) is 16.7. The molecular weight excluding hydrogens is 412 g/mol. The molecule has 0 saturated heterocycles. The first-order chi connectivity index (χ1) is 15.5. The van der Waals surface area contributed by atoms with Crippen LogP contribution in [0.3, 0.4) is 0 Å². The van der Waals surface area contributed by atoms with Crippen molar-refractivity contribution in [3.63, 3.8) is 0 Å². The third-order valence-electron chi connectivity index (χ3n) is 4.64. The number of carbonyl (C=O) groups excluding carboxylic acids is 1. The topological polar surface area (TPSA) is 120 Å². The number of nitrogens with zero attached hydrogens (tertiary/aromatic N) is 3. The molecule has 0 aliphatic carbocycles. The lowest BCUT2D eigenvalue weighted by atomic mass is 10.1. The maximum atomic E-state index is 12.4. The zero-order valence-corrected chi connectivity index (χ0v) is 16.7. The van der Waals surface area contributed by atoms with Crippen molar-refractivity contribution in [3.05, 3.63) is 101 Å². The van der Waals surface area contributed by atoms with Crippen LogP contribution in [-0.4, -0.2) is 25.7 Å². The number of aromatic hydroxyl groups is 1. The molecule has 1 aromatic heterocycles. The maximum Gasteiger partial charge on any atom is 0.276 e. The molecule has 3 aromatic carbocycles. The Morgan fingerprint density at radius 3 is 2.44 bits per heavy atom. The Hall–Kier alpha value is -4.66. The number of benzene rings is 3. The first kappa shape index (κ1) is 20.6. The van der Waals surface area contributed by atoms with Gasteiger partial charge in [-0.15, -0.1) is 0 Å². The smallest absolute Gasteiger partial charge is 0.276 e. The largest absolute Gasteiger partial charge is 0.506 e. The van der Waals surface area contributed by atoms with Gasteiger partial charge in [0.05, 0.1) is 16.7 Å². The van der Waals surface area contributed by atoms with Crippen molar-refractivity contribution < 1.29 is 19.6 Å². The molecule has 160 valence electrons. The summed E-state index contributed by atoms with van der Waals surface area (Å²) < 4.78 is 7.17. The van der Waals surface area contributed by atoms with E-state index in [4.69, 9.17) is 4.74 Å². The number of phenols is 1. The molecule has 1 amide bonds. The van der Waals surface area contributed by atoms with Crippen LogP contribution in [0.1, 0.15) is 10.5 Å². The molecule has 4 rings (SSSR count). The van der Waals surface area contributed by atoms with Crippen molar-refractivity contribution in [1.29, 1.82) is 0 Å². The van der Waals surface area contributed by atoms with Gasteiger partial charge in [0, 0.05) is 12.3 Å². The predicted molar refractivity (Wildman–Crippen MR) is 117 cm³/mol. The number of hydrogen-bond donors (Lipinski definition) is 2. The van der Waals surface area contributed by atoms with Crippen molar-refractivity contribution in [1.82, 2.24) is 9.78 Å². The van der Waals surface area contributed by atoms with Crippen LogP contribution in [0.2, 0.25) is 0 Å². The van der Waals surface area contributed by atoms with Gasteiger partial charge in [-0.3, -0.25) is 14.9 Å². The second kappa shape index (κ2) is 9.00. The highest BCUT2D eigenvalue weighted by molar-refractivity contribution is 6.03. The van der Waals surface area contributed by atoms with Gasteiger partial charge in [-0.1, -0.05) is 42.5 Å². The van der Waals surface area contributed by atoms with E-state index in [0.29, 0.717) is 5.75 Å². The van der Waals surface area contributed by atoms with Crippen molar-refractivity contribution in [2.24, 2.45) is 0 Å². The first-order valence-corrected chi connectivity index (χ1v) is 9.60. The van der Waals surface area contributed by atoms with Crippen molar-refractivity contribution >= 4 is 17.3 Å². The quantitative estimate of drug-likeness (QED) is 0.254.